The van der Waals surface area contributed by atoms with E-state index in [1.165, 1.54) is 6.07 Å². The summed E-state index contributed by atoms with van der Waals surface area (Å²) in [5.74, 6) is -0.389. The van der Waals surface area contributed by atoms with E-state index in [4.69, 9.17) is 11.6 Å². The molecule has 0 bridgehead atoms. The van der Waals surface area contributed by atoms with Crippen LogP contribution in [0.2, 0.25) is 5.02 Å². The fourth-order valence-electron chi connectivity index (χ4n) is 2.69. The average Bonchev–Trinajstić information content (AvgIpc) is 2.56. The van der Waals surface area contributed by atoms with Crippen LogP contribution in [0.5, 0.6) is 5.75 Å². The molecule has 1 aliphatic rings. The monoisotopic (exact) mass is 357 g/mol. The number of rotatable bonds is 3. The third-order valence-electron chi connectivity index (χ3n) is 3.86. The molecule has 1 heterocycles. The Balaban J connectivity index is 1.96. The molecule has 1 unspecified atom stereocenters. The van der Waals surface area contributed by atoms with Crippen molar-refractivity contribution < 1.29 is 14.7 Å². The molecule has 0 aromatic heterocycles. The SMILES string of the molecule is CC1=C(C(=O)Nc2ccc(Cl)cc2)C(c2ccccc2O)NC(=O)N1. The summed E-state index contributed by atoms with van der Waals surface area (Å²) in [7, 11) is 0. The quantitative estimate of drug-likeness (QED) is 0.679. The minimum absolute atomic E-state index is 0.000655. The standard InChI is InChI=1S/C18H16ClN3O3/c1-10-15(17(24)21-12-8-6-11(19)7-9-12)16(22-18(25)20-10)13-4-2-3-5-14(13)23/h2-9,16,23H,1H3,(H,21,24)(H2,20,22,25). The molecule has 2 aromatic rings. The van der Waals surface area contributed by atoms with Gasteiger partial charge in [-0.3, -0.25) is 4.79 Å². The summed E-state index contributed by atoms with van der Waals surface area (Å²) in [6.45, 7) is 1.64. The summed E-state index contributed by atoms with van der Waals surface area (Å²) in [6.07, 6.45) is 0. The lowest BCUT2D eigenvalue weighted by Gasteiger charge is -2.29. The van der Waals surface area contributed by atoms with Crippen molar-refractivity contribution in [3.8, 4) is 5.75 Å². The third-order valence-corrected chi connectivity index (χ3v) is 4.12. The Labute approximate surface area is 149 Å². The van der Waals surface area contributed by atoms with Gasteiger partial charge in [-0.25, -0.2) is 4.79 Å². The fourth-order valence-corrected chi connectivity index (χ4v) is 2.82. The molecule has 128 valence electrons. The van der Waals surface area contributed by atoms with Crippen LogP contribution < -0.4 is 16.0 Å². The first-order chi connectivity index (χ1) is 12.0. The summed E-state index contributed by atoms with van der Waals surface area (Å²) in [5.41, 5.74) is 1.75. The lowest BCUT2D eigenvalue weighted by atomic mass is 9.94. The molecule has 3 amide bonds. The summed E-state index contributed by atoms with van der Waals surface area (Å²) in [5, 5.41) is 18.7. The second-order valence-corrected chi connectivity index (χ2v) is 6.03. The third kappa shape index (κ3) is 3.59. The zero-order chi connectivity index (χ0) is 18.0. The van der Waals surface area contributed by atoms with E-state index < -0.39 is 12.1 Å². The highest BCUT2D eigenvalue weighted by molar-refractivity contribution is 6.30. The van der Waals surface area contributed by atoms with Crippen molar-refractivity contribution in [2.24, 2.45) is 0 Å². The maximum Gasteiger partial charge on any atom is 0.319 e. The molecular formula is C18H16ClN3O3. The van der Waals surface area contributed by atoms with E-state index >= 15 is 0 Å². The number of anilines is 1. The van der Waals surface area contributed by atoms with Crippen LogP contribution in [0.15, 0.2) is 59.8 Å². The number of halogens is 1. The van der Waals surface area contributed by atoms with E-state index in [0.29, 0.717) is 27.5 Å². The Bertz CT molecular complexity index is 862. The number of para-hydroxylation sites is 1. The number of phenols is 1. The van der Waals surface area contributed by atoms with Gasteiger partial charge < -0.3 is 21.1 Å². The van der Waals surface area contributed by atoms with Crippen LogP contribution in [0.1, 0.15) is 18.5 Å². The van der Waals surface area contributed by atoms with Crippen molar-refractivity contribution in [3.63, 3.8) is 0 Å². The molecule has 4 N–H and O–H groups in total. The number of amides is 3. The number of benzene rings is 2. The number of urea groups is 1. The Morgan fingerprint density at radius 3 is 2.52 bits per heavy atom. The lowest BCUT2D eigenvalue weighted by Crippen LogP contribution is -2.46. The van der Waals surface area contributed by atoms with Crippen molar-refractivity contribution in [3.05, 3.63) is 70.4 Å². The zero-order valence-corrected chi connectivity index (χ0v) is 14.1. The average molecular weight is 358 g/mol. The molecule has 2 aromatic carbocycles. The Hall–Kier alpha value is -2.99. The van der Waals surface area contributed by atoms with E-state index in [0.717, 1.165) is 0 Å². The molecule has 0 radical (unpaired) electrons. The summed E-state index contributed by atoms with van der Waals surface area (Å²) >= 11 is 5.85. The molecule has 0 saturated heterocycles. The highest BCUT2D eigenvalue weighted by atomic mass is 35.5. The number of hydrogen-bond acceptors (Lipinski definition) is 3. The van der Waals surface area contributed by atoms with E-state index in [-0.39, 0.29) is 11.7 Å². The zero-order valence-electron chi connectivity index (χ0n) is 13.3. The van der Waals surface area contributed by atoms with Crippen molar-refractivity contribution in [2.75, 3.05) is 5.32 Å². The molecule has 0 spiro atoms. The highest BCUT2D eigenvalue weighted by Crippen LogP contribution is 2.32. The lowest BCUT2D eigenvalue weighted by molar-refractivity contribution is -0.113. The summed E-state index contributed by atoms with van der Waals surface area (Å²) in [4.78, 5) is 24.6. The molecule has 0 fully saturated rings. The van der Waals surface area contributed by atoms with E-state index in [9.17, 15) is 14.7 Å². The van der Waals surface area contributed by atoms with Gasteiger partial charge in [0.25, 0.3) is 5.91 Å². The van der Waals surface area contributed by atoms with Gasteiger partial charge >= 0.3 is 6.03 Å². The topological polar surface area (TPSA) is 90.5 Å². The van der Waals surface area contributed by atoms with Crippen molar-refractivity contribution in [2.45, 2.75) is 13.0 Å². The van der Waals surface area contributed by atoms with Gasteiger partial charge in [-0.15, -0.1) is 0 Å². The van der Waals surface area contributed by atoms with Crippen LogP contribution in [-0.2, 0) is 4.79 Å². The molecular weight excluding hydrogens is 342 g/mol. The first-order valence-corrected chi connectivity index (χ1v) is 7.96. The second-order valence-electron chi connectivity index (χ2n) is 5.59. The van der Waals surface area contributed by atoms with Crippen molar-refractivity contribution >= 4 is 29.2 Å². The van der Waals surface area contributed by atoms with Crippen LogP contribution in [0.4, 0.5) is 10.5 Å². The Morgan fingerprint density at radius 2 is 1.84 bits per heavy atom. The van der Waals surface area contributed by atoms with Gasteiger partial charge in [0.05, 0.1) is 11.6 Å². The Morgan fingerprint density at radius 1 is 1.16 bits per heavy atom. The maximum atomic E-state index is 12.8. The van der Waals surface area contributed by atoms with Crippen LogP contribution in [-0.4, -0.2) is 17.0 Å². The van der Waals surface area contributed by atoms with Crippen LogP contribution in [0.3, 0.4) is 0 Å². The Kier molecular flexibility index (Phi) is 4.63. The predicted octanol–water partition coefficient (Wildman–Crippen LogP) is 3.31. The fraction of sp³-hybridized carbons (Fsp3) is 0.111. The first-order valence-electron chi connectivity index (χ1n) is 7.59. The van der Waals surface area contributed by atoms with Gasteiger partial charge in [-0.05, 0) is 37.3 Å². The van der Waals surface area contributed by atoms with E-state index in [2.05, 4.69) is 16.0 Å². The largest absolute Gasteiger partial charge is 0.508 e. The maximum absolute atomic E-state index is 12.8. The normalized spacial score (nSPS) is 16.9. The van der Waals surface area contributed by atoms with Gasteiger partial charge in [0, 0.05) is 22.0 Å². The van der Waals surface area contributed by atoms with Gasteiger partial charge in [-0.1, -0.05) is 29.8 Å². The predicted molar refractivity (Wildman–Crippen MR) is 95.3 cm³/mol. The smallest absolute Gasteiger partial charge is 0.319 e. The number of carbonyl (C=O) groups excluding carboxylic acids is 2. The number of allylic oxidation sites excluding steroid dienone is 1. The molecule has 25 heavy (non-hydrogen) atoms. The molecule has 0 aliphatic carbocycles. The van der Waals surface area contributed by atoms with E-state index in [1.54, 1.807) is 49.4 Å². The minimum Gasteiger partial charge on any atom is -0.508 e. The van der Waals surface area contributed by atoms with E-state index in [1.807, 2.05) is 0 Å². The van der Waals surface area contributed by atoms with Crippen LogP contribution >= 0.6 is 11.6 Å². The second kappa shape index (κ2) is 6.86. The minimum atomic E-state index is -0.762. The van der Waals surface area contributed by atoms with Gasteiger partial charge in [-0.2, -0.15) is 0 Å². The summed E-state index contributed by atoms with van der Waals surface area (Å²) < 4.78 is 0. The molecule has 3 rings (SSSR count). The summed E-state index contributed by atoms with van der Waals surface area (Å²) in [6, 6.07) is 12.1. The first kappa shape index (κ1) is 16.9. The van der Waals surface area contributed by atoms with Gasteiger partial charge in [0.1, 0.15) is 5.75 Å². The van der Waals surface area contributed by atoms with Crippen molar-refractivity contribution in [1.82, 2.24) is 10.6 Å². The highest BCUT2D eigenvalue weighted by Gasteiger charge is 2.32. The molecule has 6 nitrogen and oxygen atoms in total. The molecule has 1 atom stereocenters. The molecule has 1 aliphatic heterocycles. The molecule has 7 heteroatoms. The van der Waals surface area contributed by atoms with Gasteiger partial charge in [0.15, 0.2) is 0 Å². The number of hydrogen-bond donors (Lipinski definition) is 4. The molecule has 0 saturated carbocycles. The van der Waals surface area contributed by atoms with Crippen LogP contribution in [0.25, 0.3) is 0 Å². The number of carbonyl (C=O) groups is 2. The number of nitrogens with one attached hydrogen (secondary N) is 3. The van der Waals surface area contributed by atoms with Crippen molar-refractivity contribution in [1.29, 1.82) is 0 Å². The van der Waals surface area contributed by atoms with Crippen LogP contribution in [0, 0.1) is 0 Å². The van der Waals surface area contributed by atoms with Gasteiger partial charge in [0.2, 0.25) is 0 Å². The number of phenolic OH excluding ortho intramolecular Hbond substituents is 1. The number of aromatic hydroxyl groups is 1.